The fourth-order valence-corrected chi connectivity index (χ4v) is 4.49. The van der Waals surface area contributed by atoms with Crippen LogP contribution in [0.1, 0.15) is 103 Å². The molecule has 0 spiro atoms. The predicted octanol–water partition coefficient (Wildman–Crippen LogP) is 13.0. The Kier molecular flexibility index (Phi) is 25.7. The van der Waals surface area contributed by atoms with Crippen molar-refractivity contribution < 1.29 is 47.6 Å². The Bertz CT molecular complexity index is 1920. The van der Waals surface area contributed by atoms with Gasteiger partial charge in [0.2, 0.25) is 0 Å². The SMILES string of the molecule is CC.CC.CC.CC.COC(C)=O.Cc1cccc(OC(=O)Oc2ccc(C(C)(C)c3ccc(OC(=O)Oc4cccc(OC(=O)c5ccccc5)c4)cc3)cc2)c1. The quantitative estimate of drug-likeness (QED) is 0.0851. The third-order valence-corrected chi connectivity index (χ3v) is 7.26. The topological polar surface area (TPSA) is 124 Å². The van der Waals surface area contributed by atoms with E-state index in [9.17, 15) is 19.2 Å². The molecule has 0 radical (unpaired) electrons. The van der Waals surface area contributed by atoms with Gasteiger partial charge in [0.15, 0.2) is 0 Å². The lowest BCUT2D eigenvalue weighted by Gasteiger charge is -2.26. The lowest BCUT2D eigenvalue weighted by molar-refractivity contribution is -0.137. The highest BCUT2D eigenvalue weighted by Crippen LogP contribution is 2.33. The summed E-state index contributed by atoms with van der Waals surface area (Å²) in [6, 6.07) is 36.1. The van der Waals surface area contributed by atoms with Crippen molar-refractivity contribution in [2.24, 2.45) is 0 Å². The molecule has 0 fully saturated rings. The van der Waals surface area contributed by atoms with E-state index in [-0.39, 0.29) is 17.5 Å². The highest BCUT2D eigenvalue weighted by Gasteiger charge is 2.24. The molecule has 5 rings (SSSR count). The Balaban J connectivity index is 0.00000223. The maximum atomic E-state index is 12.5. The summed E-state index contributed by atoms with van der Waals surface area (Å²) < 4.78 is 30.7. The van der Waals surface area contributed by atoms with Crippen LogP contribution < -0.4 is 23.7 Å². The number of rotatable bonds is 8. The minimum atomic E-state index is -0.940. The fourth-order valence-electron chi connectivity index (χ4n) is 4.49. The molecule has 5 aromatic carbocycles. The third-order valence-electron chi connectivity index (χ3n) is 7.26. The second kappa shape index (κ2) is 28.9. The van der Waals surface area contributed by atoms with Crippen LogP contribution in [0.5, 0.6) is 28.7 Å². The Morgan fingerprint density at radius 3 is 1.21 bits per heavy atom. The first-order valence-corrected chi connectivity index (χ1v) is 19.4. The first-order chi connectivity index (χ1) is 27.9. The van der Waals surface area contributed by atoms with Crippen LogP contribution in [-0.2, 0) is 14.9 Å². The second-order valence-electron chi connectivity index (χ2n) is 11.3. The summed E-state index contributed by atoms with van der Waals surface area (Å²) in [4.78, 5) is 46.6. The van der Waals surface area contributed by atoms with E-state index in [1.54, 1.807) is 91.0 Å². The molecular formula is C48H60O10. The van der Waals surface area contributed by atoms with Crippen LogP contribution in [0, 0.1) is 6.92 Å². The zero-order valence-corrected chi connectivity index (χ0v) is 36.2. The van der Waals surface area contributed by atoms with E-state index in [0.717, 1.165) is 16.7 Å². The summed E-state index contributed by atoms with van der Waals surface area (Å²) in [6.07, 6.45) is -1.76. The lowest BCUT2D eigenvalue weighted by atomic mass is 9.78. The van der Waals surface area contributed by atoms with Crippen LogP contribution in [0.4, 0.5) is 9.59 Å². The van der Waals surface area contributed by atoms with Crippen molar-refractivity contribution in [1.29, 1.82) is 0 Å². The van der Waals surface area contributed by atoms with Crippen LogP contribution in [0.25, 0.3) is 0 Å². The van der Waals surface area contributed by atoms with Crippen LogP contribution in [0.15, 0.2) is 127 Å². The summed E-state index contributed by atoms with van der Waals surface area (Å²) >= 11 is 0. The smallest absolute Gasteiger partial charge is 0.469 e. The average molecular weight is 797 g/mol. The highest BCUT2D eigenvalue weighted by molar-refractivity contribution is 5.91. The Labute approximate surface area is 345 Å². The molecule has 0 saturated heterocycles. The predicted molar refractivity (Wildman–Crippen MR) is 230 cm³/mol. The van der Waals surface area contributed by atoms with Gasteiger partial charge in [0.25, 0.3) is 0 Å². The summed E-state index contributed by atoms with van der Waals surface area (Å²) in [5.74, 6) is 0.673. The number of carbonyl (C=O) groups excluding carboxylic acids is 4. The lowest BCUT2D eigenvalue weighted by Crippen LogP contribution is -2.19. The van der Waals surface area contributed by atoms with Crippen molar-refractivity contribution in [3.63, 3.8) is 0 Å². The first kappa shape index (κ1) is 51.6. The molecule has 0 N–H and O–H groups in total. The van der Waals surface area contributed by atoms with Gasteiger partial charge in [0.05, 0.1) is 12.7 Å². The van der Waals surface area contributed by atoms with Gasteiger partial charge in [-0.05, 0) is 84.3 Å². The molecule has 0 saturated carbocycles. The van der Waals surface area contributed by atoms with Crippen LogP contribution in [0.3, 0.4) is 0 Å². The largest absolute Gasteiger partial charge is 0.519 e. The van der Waals surface area contributed by atoms with E-state index in [1.165, 1.54) is 20.1 Å². The highest BCUT2D eigenvalue weighted by atomic mass is 16.7. The summed E-state index contributed by atoms with van der Waals surface area (Å²) in [5.41, 5.74) is 2.89. The Morgan fingerprint density at radius 2 is 0.810 bits per heavy atom. The number of methoxy groups -OCH3 is 1. The molecule has 10 heteroatoms. The van der Waals surface area contributed by atoms with Crippen molar-refractivity contribution in [3.8, 4) is 28.7 Å². The average Bonchev–Trinajstić information content (AvgIpc) is 3.24. The second-order valence-corrected chi connectivity index (χ2v) is 11.3. The van der Waals surface area contributed by atoms with Gasteiger partial charge in [-0.1, -0.05) is 130 Å². The van der Waals surface area contributed by atoms with Crippen molar-refractivity contribution >= 4 is 24.2 Å². The molecule has 0 amide bonds. The van der Waals surface area contributed by atoms with Crippen LogP contribution in [0.2, 0.25) is 0 Å². The molecule has 5 aromatic rings. The molecule has 0 heterocycles. The molecule has 0 aliphatic carbocycles. The van der Waals surface area contributed by atoms with E-state index >= 15 is 0 Å². The van der Waals surface area contributed by atoms with E-state index < -0.39 is 23.7 Å². The van der Waals surface area contributed by atoms with Gasteiger partial charge in [-0.2, -0.15) is 0 Å². The fraction of sp³-hybridized carbons (Fsp3) is 0.292. The number of esters is 2. The molecule has 0 bridgehead atoms. The molecule has 0 aromatic heterocycles. The minimum Gasteiger partial charge on any atom is -0.469 e. The van der Waals surface area contributed by atoms with E-state index in [1.807, 2.05) is 92.6 Å². The van der Waals surface area contributed by atoms with E-state index in [0.29, 0.717) is 22.8 Å². The van der Waals surface area contributed by atoms with Gasteiger partial charge in [0, 0.05) is 18.4 Å². The maximum Gasteiger partial charge on any atom is 0.519 e. The number of hydrogen-bond donors (Lipinski definition) is 0. The zero-order chi connectivity index (χ0) is 44.1. The molecule has 10 nitrogen and oxygen atoms in total. The summed E-state index contributed by atoms with van der Waals surface area (Å²) in [6.45, 7) is 23.4. The first-order valence-electron chi connectivity index (χ1n) is 19.4. The number of ether oxygens (including phenoxy) is 6. The maximum absolute atomic E-state index is 12.5. The van der Waals surface area contributed by atoms with Gasteiger partial charge < -0.3 is 28.4 Å². The zero-order valence-electron chi connectivity index (χ0n) is 36.2. The Hall–Kier alpha value is -6.42. The van der Waals surface area contributed by atoms with E-state index in [2.05, 4.69) is 18.6 Å². The van der Waals surface area contributed by atoms with Crippen LogP contribution >= 0.6 is 0 Å². The van der Waals surface area contributed by atoms with Crippen molar-refractivity contribution in [3.05, 3.63) is 150 Å². The molecular weight excluding hydrogens is 737 g/mol. The monoisotopic (exact) mass is 796 g/mol. The van der Waals surface area contributed by atoms with Crippen molar-refractivity contribution in [2.75, 3.05) is 7.11 Å². The summed E-state index contributed by atoms with van der Waals surface area (Å²) in [5, 5.41) is 0. The standard InChI is InChI=1S/C37H30O8.C3H6O2.4C2H6/c1-25-9-7-12-31(23-25)44-35(39)42-29-19-15-27(16-20-29)37(2,3)28-17-21-30(22-18-28)43-36(40)45-33-14-8-13-32(24-33)41-34(38)26-10-5-4-6-11-26;1-3(4)5-2;4*1-2/h4-24H,1-3H3;1-2H3;4*1-2H3. The Morgan fingerprint density at radius 1 is 0.448 bits per heavy atom. The number of aryl methyl sites for hydroxylation is 1. The van der Waals surface area contributed by atoms with Gasteiger partial charge in [0.1, 0.15) is 28.7 Å². The normalized spacial score (nSPS) is 9.40. The summed E-state index contributed by atoms with van der Waals surface area (Å²) in [7, 11) is 1.35. The molecule has 0 aliphatic rings. The number of benzene rings is 5. The van der Waals surface area contributed by atoms with E-state index in [4.69, 9.17) is 23.7 Å². The molecule has 58 heavy (non-hydrogen) atoms. The van der Waals surface area contributed by atoms with Gasteiger partial charge in [-0.25, -0.2) is 14.4 Å². The van der Waals surface area contributed by atoms with Gasteiger partial charge >= 0.3 is 24.2 Å². The van der Waals surface area contributed by atoms with Crippen LogP contribution in [-0.4, -0.2) is 31.4 Å². The number of carbonyl (C=O) groups is 4. The third kappa shape index (κ3) is 18.5. The molecule has 312 valence electrons. The molecule has 0 atom stereocenters. The number of hydrogen-bond acceptors (Lipinski definition) is 10. The van der Waals surface area contributed by atoms with Gasteiger partial charge in [-0.3, -0.25) is 4.79 Å². The minimum absolute atomic E-state index is 0.159. The molecule has 0 unspecified atom stereocenters. The molecule has 0 aliphatic heterocycles. The van der Waals surface area contributed by atoms with Gasteiger partial charge in [-0.15, -0.1) is 0 Å². The van der Waals surface area contributed by atoms with Crippen molar-refractivity contribution in [2.45, 2.75) is 88.5 Å². The van der Waals surface area contributed by atoms with Crippen molar-refractivity contribution in [1.82, 2.24) is 0 Å².